The minimum atomic E-state index is 1.01. The molecule has 0 spiro atoms. The number of aryl methyl sites for hydroxylation is 4. The quantitative estimate of drug-likeness (QED) is 0.101. The van der Waals surface area contributed by atoms with Crippen LogP contribution in [0, 0.1) is 13.8 Å². The molecule has 0 saturated heterocycles. The molecule has 6 nitrogen and oxygen atoms in total. The number of benzene rings is 2. The SMILES string of the molecule is Cc1ccc(-c2nccc3c4ccccc4n(CCCCCCCCCCCCn4c5ccccc5c5ccnc(-c6ccc(C)nc6)c54)c23)cn1. The van der Waals surface area contributed by atoms with Gasteiger partial charge in [0.2, 0.25) is 0 Å². The standard InChI is InChI=1S/C46H48N6/c1-33-21-23-35(31-49-33)43-45-39(25-27-47-43)37-17-11-13-19-41(37)51(45)29-15-9-7-5-3-4-6-8-10-16-30-52-42-20-14-12-18-38(42)40-26-28-48-44(46(40)52)36-24-22-34(2)50-32-36/h11-14,17-28,31-32H,3-10,15-16,29-30H2,1-2H3. The van der Waals surface area contributed by atoms with Crippen LogP contribution in [0.3, 0.4) is 0 Å². The Morgan fingerprint density at radius 2 is 0.808 bits per heavy atom. The summed E-state index contributed by atoms with van der Waals surface area (Å²) in [5.41, 5.74) is 11.3. The summed E-state index contributed by atoms with van der Waals surface area (Å²) in [7, 11) is 0. The molecule has 0 saturated carbocycles. The van der Waals surface area contributed by atoms with Gasteiger partial charge in [0.1, 0.15) is 0 Å². The molecule has 0 atom stereocenters. The molecule has 0 aliphatic rings. The fourth-order valence-corrected chi connectivity index (χ4v) is 8.06. The van der Waals surface area contributed by atoms with Crippen LogP contribution in [0.2, 0.25) is 0 Å². The molecule has 2 aromatic carbocycles. The van der Waals surface area contributed by atoms with Crippen LogP contribution in [0.1, 0.15) is 75.6 Å². The largest absolute Gasteiger partial charge is 0.339 e. The van der Waals surface area contributed by atoms with Gasteiger partial charge in [-0.05, 0) is 75.2 Å². The van der Waals surface area contributed by atoms with E-state index >= 15 is 0 Å². The van der Waals surface area contributed by atoms with Gasteiger partial charge >= 0.3 is 0 Å². The molecule has 0 amide bonds. The molecule has 0 aliphatic heterocycles. The first-order valence-corrected chi connectivity index (χ1v) is 19.3. The average molecular weight is 685 g/mol. The lowest BCUT2D eigenvalue weighted by Crippen LogP contribution is -2.00. The number of hydrogen-bond donors (Lipinski definition) is 0. The molecule has 0 unspecified atom stereocenters. The lowest BCUT2D eigenvalue weighted by Gasteiger charge is -2.11. The maximum Gasteiger partial charge on any atom is 0.0960 e. The van der Waals surface area contributed by atoms with Crippen molar-refractivity contribution in [3.63, 3.8) is 0 Å². The Labute approximate surface area is 306 Å². The Bertz CT molecular complexity index is 2260. The monoisotopic (exact) mass is 684 g/mol. The van der Waals surface area contributed by atoms with Crippen LogP contribution in [0.25, 0.3) is 66.1 Å². The summed E-state index contributed by atoms with van der Waals surface area (Å²) in [6.07, 6.45) is 20.6. The van der Waals surface area contributed by atoms with E-state index in [0.29, 0.717) is 0 Å². The molecule has 0 fully saturated rings. The number of hydrogen-bond acceptors (Lipinski definition) is 4. The predicted octanol–water partition coefficient (Wildman–Crippen LogP) is 12.0. The van der Waals surface area contributed by atoms with Gasteiger partial charge in [-0.15, -0.1) is 0 Å². The molecular formula is C46H48N6. The Balaban J connectivity index is 0.816. The number of fused-ring (bicyclic) bond motifs is 6. The van der Waals surface area contributed by atoms with Crippen molar-refractivity contribution in [3.8, 4) is 22.5 Å². The number of unbranched alkanes of at least 4 members (excludes halogenated alkanes) is 9. The number of aromatic nitrogens is 6. The van der Waals surface area contributed by atoms with Crippen LogP contribution >= 0.6 is 0 Å². The van der Waals surface area contributed by atoms with E-state index in [1.165, 1.54) is 108 Å². The molecule has 6 heteroatoms. The summed E-state index contributed by atoms with van der Waals surface area (Å²) in [6.45, 7) is 6.07. The van der Waals surface area contributed by atoms with Crippen molar-refractivity contribution in [2.75, 3.05) is 0 Å². The maximum atomic E-state index is 4.85. The van der Waals surface area contributed by atoms with Crippen LogP contribution in [0.5, 0.6) is 0 Å². The molecule has 0 radical (unpaired) electrons. The summed E-state index contributed by atoms with van der Waals surface area (Å²) >= 11 is 0. The lowest BCUT2D eigenvalue weighted by atomic mass is 10.1. The molecule has 8 aromatic rings. The Morgan fingerprint density at radius 1 is 0.404 bits per heavy atom. The first-order valence-electron chi connectivity index (χ1n) is 19.3. The molecule has 6 aromatic heterocycles. The van der Waals surface area contributed by atoms with E-state index in [0.717, 1.165) is 47.0 Å². The Morgan fingerprint density at radius 3 is 1.21 bits per heavy atom. The fourth-order valence-electron chi connectivity index (χ4n) is 8.06. The highest BCUT2D eigenvalue weighted by molar-refractivity contribution is 6.12. The van der Waals surface area contributed by atoms with E-state index in [1.807, 2.05) is 38.6 Å². The molecule has 0 bridgehead atoms. The van der Waals surface area contributed by atoms with Gasteiger partial charge in [-0.3, -0.25) is 19.9 Å². The van der Waals surface area contributed by atoms with E-state index in [2.05, 4.69) is 104 Å². The van der Waals surface area contributed by atoms with Crippen molar-refractivity contribution in [2.24, 2.45) is 0 Å². The number of nitrogens with zero attached hydrogens (tertiary/aromatic N) is 6. The predicted molar refractivity (Wildman–Crippen MR) is 217 cm³/mol. The molecule has 6 heterocycles. The van der Waals surface area contributed by atoms with Crippen molar-refractivity contribution < 1.29 is 0 Å². The van der Waals surface area contributed by atoms with Gasteiger partial charge < -0.3 is 9.13 Å². The number of pyridine rings is 4. The first kappa shape index (κ1) is 33.8. The molecule has 0 N–H and O–H groups in total. The van der Waals surface area contributed by atoms with Gasteiger partial charge in [-0.2, -0.15) is 0 Å². The molecule has 8 rings (SSSR count). The normalized spacial score (nSPS) is 11.8. The third-order valence-corrected chi connectivity index (χ3v) is 10.7. The summed E-state index contributed by atoms with van der Waals surface area (Å²) in [5, 5.41) is 5.16. The Kier molecular flexibility index (Phi) is 10.1. The highest BCUT2D eigenvalue weighted by Crippen LogP contribution is 2.36. The number of para-hydroxylation sites is 2. The van der Waals surface area contributed by atoms with Crippen LogP contribution < -0.4 is 0 Å². The summed E-state index contributed by atoms with van der Waals surface area (Å²) in [4.78, 5) is 18.8. The van der Waals surface area contributed by atoms with Gasteiger partial charge in [0.25, 0.3) is 0 Å². The van der Waals surface area contributed by atoms with E-state index in [-0.39, 0.29) is 0 Å². The van der Waals surface area contributed by atoms with Crippen molar-refractivity contribution in [1.29, 1.82) is 0 Å². The van der Waals surface area contributed by atoms with E-state index in [1.54, 1.807) is 0 Å². The van der Waals surface area contributed by atoms with Gasteiger partial charge in [0.15, 0.2) is 0 Å². The maximum absolute atomic E-state index is 4.85. The van der Waals surface area contributed by atoms with Gasteiger partial charge in [-0.1, -0.05) is 87.8 Å². The average Bonchev–Trinajstić information content (AvgIpc) is 3.68. The zero-order chi connectivity index (χ0) is 35.3. The minimum Gasteiger partial charge on any atom is -0.339 e. The van der Waals surface area contributed by atoms with Crippen LogP contribution in [-0.2, 0) is 13.1 Å². The third kappa shape index (κ3) is 6.82. The summed E-state index contributed by atoms with van der Waals surface area (Å²) in [6, 6.07) is 30.4. The lowest BCUT2D eigenvalue weighted by molar-refractivity contribution is 0.529. The smallest absolute Gasteiger partial charge is 0.0960 e. The molecule has 52 heavy (non-hydrogen) atoms. The van der Waals surface area contributed by atoms with Crippen molar-refractivity contribution in [3.05, 3.63) is 121 Å². The first-order chi connectivity index (χ1) is 25.7. The topological polar surface area (TPSA) is 61.4 Å². The van der Waals surface area contributed by atoms with Crippen LogP contribution in [0.4, 0.5) is 0 Å². The van der Waals surface area contributed by atoms with E-state index in [4.69, 9.17) is 9.97 Å². The second-order valence-corrected chi connectivity index (χ2v) is 14.4. The van der Waals surface area contributed by atoms with Crippen LogP contribution in [0.15, 0.2) is 110 Å². The zero-order valence-electron chi connectivity index (χ0n) is 30.6. The van der Waals surface area contributed by atoms with Crippen LogP contribution in [-0.4, -0.2) is 29.1 Å². The van der Waals surface area contributed by atoms with E-state index in [9.17, 15) is 0 Å². The van der Waals surface area contributed by atoms with Crippen molar-refractivity contribution in [2.45, 2.75) is 91.1 Å². The highest BCUT2D eigenvalue weighted by Gasteiger charge is 2.17. The van der Waals surface area contributed by atoms with Gasteiger partial charge in [0, 0.05) is 93.0 Å². The third-order valence-electron chi connectivity index (χ3n) is 10.7. The molecule has 0 aliphatic carbocycles. The van der Waals surface area contributed by atoms with Gasteiger partial charge in [0.05, 0.1) is 22.4 Å². The van der Waals surface area contributed by atoms with Gasteiger partial charge in [-0.25, -0.2) is 0 Å². The Hall–Kier alpha value is -5.36. The van der Waals surface area contributed by atoms with Crippen molar-refractivity contribution in [1.82, 2.24) is 29.1 Å². The second-order valence-electron chi connectivity index (χ2n) is 14.4. The fraction of sp³-hybridized carbons (Fsp3) is 0.304. The molecule has 262 valence electrons. The number of rotatable bonds is 15. The molecular weight excluding hydrogens is 637 g/mol. The summed E-state index contributed by atoms with van der Waals surface area (Å²) < 4.78 is 5.01. The van der Waals surface area contributed by atoms with Crippen molar-refractivity contribution >= 4 is 43.6 Å². The highest BCUT2D eigenvalue weighted by atomic mass is 15.0. The minimum absolute atomic E-state index is 1.01. The summed E-state index contributed by atoms with van der Waals surface area (Å²) in [5.74, 6) is 0. The zero-order valence-corrected chi connectivity index (χ0v) is 30.6. The van der Waals surface area contributed by atoms with E-state index < -0.39 is 0 Å². The second kappa shape index (κ2) is 15.5.